The fraction of sp³-hybridized carbons (Fsp3) is 0.444. The van der Waals surface area contributed by atoms with E-state index in [1.54, 1.807) is 0 Å². The summed E-state index contributed by atoms with van der Waals surface area (Å²) in [5.41, 5.74) is 5.47. The van der Waals surface area contributed by atoms with E-state index < -0.39 is 0 Å². The van der Waals surface area contributed by atoms with Gasteiger partial charge in [0, 0.05) is 37.4 Å². The molecular weight excluding hydrogens is 260 g/mol. The third-order valence-corrected chi connectivity index (χ3v) is 4.43. The highest BCUT2D eigenvalue weighted by Gasteiger charge is 2.16. The van der Waals surface area contributed by atoms with Crippen molar-refractivity contribution < 1.29 is 4.42 Å². The molecule has 0 spiro atoms. The standard InChI is InChI=1S/C18H24N2O/c1-12-9-17(14(3)21-12)13(2)19-11-15-5-6-18-16(10-15)7-8-20(18)4/h5-6,9-10,13,19H,7-8,11H2,1-4H3. The van der Waals surface area contributed by atoms with E-state index in [4.69, 9.17) is 4.42 Å². The lowest BCUT2D eigenvalue weighted by molar-refractivity contribution is 0.489. The van der Waals surface area contributed by atoms with Crippen LogP contribution in [-0.4, -0.2) is 13.6 Å². The molecule has 1 unspecified atom stereocenters. The van der Waals surface area contributed by atoms with Gasteiger partial charge in [0.15, 0.2) is 0 Å². The van der Waals surface area contributed by atoms with Crippen LogP contribution in [0.25, 0.3) is 0 Å². The number of rotatable bonds is 4. The minimum atomic E-state index is 0.304. The lowest BCUT2D eigenvalue weighted by Gasteiger charge is -2.15. The average Bonchev–Trinajstić information content (AvgIpc) is 2.99. The van der Waals surface area contributed by atoms with Crippen molar-refractivity contribution in [3.63, 3.8) is 0 Å². The Kier molecular flexibility index (Phi) is 3.77. The summed E-state index contributed by atoms with van der Waals surface area (Å²) >= 11 is 0. The first-order valence-electron chi connectivity index (χ1n) is 7.68. The number of hydrogen-bond donors (Lipinski definition) is 1. The van der Waals surface area contributed by atoms with Gasteiger partial charge in [-0.15, -0.1) is 0 Å². The van der Waals surface area contributed by atoms with E-state index in [0.717, 1.165) is 31.0 Å². The van der Waals surface area contributed by atoms with Gasteiger partial charge in [0.1, 0.15) is 11.5 Å². The van der Waals surface area contributed by atoms with Crippen LogP contribution in [-0.2, 0) is 13.0 Å². The topological polar surface area (TPSA) is 28.4 Å². The fourth-order valence-corrected chi connectivity index (χ4v) is 3.19. The van der Waals surface area contributed by atoms with Crippen LogP contribution >= 0.6 is 0 Å². The number of benzene rings is 1. The lowest BCUT2D eigenvalue weighted by atomic mass is 10.1. The van der Waals surface area contributed by atoms with Crippen molar-refractivity contribution >= 4 is 5.69 Å². The first kappa shape index (κ1) is 14.2. The van der Waals surface area contributed by atoms with Crippen LogP contribution in [0.4, 0.5) is 5.69 Å². The molecule has 3 rings (SSSR count). The van der Waals surface area contributed by atoms with E-state index in [9.17, 15) is 0 Å². The Morgan fingerprint density at radius 3 is 2.81 bits per heavy atom. The fourth-order valence-electron chi connectivity index (χ4n) is 3.19. The number of nitrogens with zero attached hydrogens (tertiary/aromatic N) is 1. The maximum absolute atomic E-state index is 5.61. The van der Waals surface area contributed by atoms with E-state index in [1.165, 1.54) is 22.4 Å². The second-order valence-corrected chi connectivity index (χ2v) is 6.11. The summed E-state index contributed by atoms with van der Waals surface area (Å²) in [6, 6.07) is 9.25. The van der Waals surface area contributed by atoms with E-state index in [0.29, 0.717) is 6.04 Å². The van der Waals surface area contributed by atoms with Gasteiger partial charge in [-0.2, -0.15) is 0 Å². The van der Waals surface area contributed by atoms with Crippen molar-refractivity contribution in [3.05, 3.63) is 52.5 Å². The zero-order valence-corrected chi connectivity index (χ0v) is 13.4. The summed E-state index contributed by atoms with van der Waals surface area (Å²) in [4.78, 5) is 2.33. The Morgan fingerprint density at radius 2 is 2.10 bits per heavy atom. The van der Waals surface area contributed by atoms with E-state index >= 15 is 0 Å². The van der Waals surface area contributed by atoms with Crippen molar-refractivity contribution in [2.24, 2.45) is 0 Å². The van der Waals surface area contributed by atoms with Gasteiger partial charge in [-0.05, 0) is 50.5 Å². The highest BCUT2D eigenvalue weighted by atomic mass is 16.3. The summed E-state index contributed by atoms with van der Waals surface area (Å²) in [5, 5.41) is 3.60. The van der Waals surface area contributed by atoms with Gasteiger partial charge < -0.3 is 14.6 Å². The van der Waals surface area contributed by atoms with E-state index in [-0.39, 0.29) is 0 Å². The molecule has 0 bridgehead atoms. The van der Waals surface area contributed by atoms with Crippen LogP contribution in [0.1, 0.15) is 41.2 Å². The summed E-state index contributed by atoms with van der Waals surface area (Å²) in [5.74, 6) is 2.00. The van der Waals surface area contributed by atoms with Gasteiger partial charge in [-0.3, -0.25) is 0 Å². The number of likely N-dealkylation sites (N-methyl/N-ethyl adjacent to an activating group) is 1. The summed E-state index contributed by atoms with van der Waals surface area (Å²) in [6.45, 7) is 8.25. The molecule has 0 amide bonds. The molecule has 0 saturated carbocycles. The number of nitrogens with one attached hydrogen (secondary N) is 1. The van der Waals surface area contributed by atoms with Gasteiger partial charge in [0.25, 0.3) is 0 Å². The number of anilines is 1. The Bertz CT molecular complexity index is 645. The maximum atomic E-state index is 5.61. The van der Waals surface area contributed by atoms with Crippen molar-refractivity contribution in [1.82, 2.24) is 5.32 Å². The molecular formula is C18H24N2O. The highest BCUT2D eigenvalue weighted by Crippen LogP contribution is 2.28. The van der Waals surface area contributed by atoms with Gasteiger partial charge >= 0.3 is 0 Å². The second kappa shape index (κ2) is 5.57. The molecule has 112 valence electrons. The predicted octanol–water partition coefficient (Wildman–Crippen LogP) is 3.74. The van der Waals surface area contributed by atoms with Crippen LogP contribution in [0.2, 0.25) is 0 Å². The van der Waals surface area contributed by atoms with E-state index in [2.05, 4.69) is 48.5 Å². The molecule has 21 heavy (non-hydrogen) atoms. The Morgan fingerprint density at radius 1 is 1.29 bits per heavy atom. The minimum absolute atomic E-state index is 0.304. The third kappa shape index (κ3) is 2.84. The second-order valence-electron chi connectivity index (χ2n) is 6.11. The van der Waals surface area contributed by atoms with Gasteiger partial charge in [-0.25, -0.2) is 0 Å². The first-order valence-corrected chi connectivity index (χ1v) is 7.68. The summed E-state index contributed by atoms with van der Waals surface area (Å²) < 4.78 is 5.61. The van der Waals surface area contributed by atoms with Crippen LogP contribution < -0.4 is 10.2 Å². The van der Waals surface area contributed by atoms with E-state index in [1.807, 2.05) is 13.8 Å². The van der Waals surface area contributed by atoms with Crippen LogP contribution in [0.3, 0.4) is 0 Å². The van der Waals surface area contributed by atoms with Gasteiger partial charge in [0.05, 0.1) is 0 Å². The van der Waals surface area contributed by atoms with Crippen molar-refractivity contribution in [2.45, 2.75) is 39.8 Å². The number of aryl methyl sites for hydroxylation is 2. The molecule has 2 aromatic rings. The predicted molar refractivity (Wildman–Crippen MR) is 86.9 cm³/mol. The maximum Gasteiger partial charge on any atom is 0.105 e. The Labute approximate surface area is 127 Å². The van der Waals surface area contributed by atoms with Gasteiger partial charge in [0.2, 0.25) is 0 Å². The zero-order chi connectivity index (χ0) is 15.0. The normalized spacial score (nSPS) is 15.3. The summed E-state index contributed by atoms with van der Waals surface area (Å²) in [7, 11) is 2.16. The third-order valence-electron chi connectivity index (χ3n) is 4.43. The van der Waals surface area contributed by atoms with Crippen molar-refractivity contribution in [3.8, 4) is 0 Å². The Balaban J connectivity index is 1.67. The molecule has 1 aliphatic rings. The smallest absolute Gasteiger partial charge is 0.105 e. The molecule has 3 heteroatoms. The first-order chi connectivity index (χ1) is 10.0. The highest BCUT2D eigenvalue weighted by molar-refractivity contribution is 5.58. The minimum Gasteiger partial charge on any atom is -0.466 e. The molecule has 1 aromatic heterocycles. The molecule has 1 aliphatic heterocycles. The summed E-state index contributed by atoms with van der Waals surface area (Å²) in [6.07, 6.45) is 1.16. The van der Waals surface area contributed by atoms with Crippen molar-refractivity contribution in [2.75, 3.05) is 18.5 Å². The molecule has 3 nitrogen and oxygen atoms in total. The van der Waals surface area contributed by atoms with Gasteiger partial charge in [-0.1, -0.05) is 12.1 Å². The zero-order valence-electron chi connectivity index (χ0n) is 13.4. The molecule has 1 atom stereocenters. The molecule has 0 fully saturated rings. The number of fused-ring (bicyclic) bond motifs is 1. The van der Waals surface area contributed by atoms with Crippen LogP contribution in [0, 0.1) is 13.8 Å². The average molecular weight is 284 g/mol. The largest absolute Gasteiger partial charge is 0.466 e. The molecule has 1 N–H and O–H groups in total. The molecule has 1 aromatic carbocycles. The monoisotopic (exact) mass is 284 g/mol. The molecule has 0 saturated heterocycles. The van der Waals surface area contributed by atoms with Crippen LogP contribution in [0.15, 0.2) is 28.7 Å². The van der Waals surface area contributed by atoms with Crippen LogP contribution in [0.5, 0.6) is 0 Å². The quantitative estimate of drug-likeness (QED) is 0.927. The molecule has 2 heterocycles. The lowest BCUT2D eigenvalue weighted by Crippen LogP contribution is -2.18. The Hall–Kier alpha value is -1.74. The SMILES string of the molecule is Cc1cc(C(C)NCc2ccc3c(c2)CCN3C)c(C)o1. The molecule has 0 aliphatic carbocycles. The number of hydrogen-bond acceptors (Lipinski definition) is 3. The molecule has 0 radical (unpaired) electrons. The van der Waals surface area contributed by atoms with Crippen molar-refractivity contribution in [1.29, 1.82) is 0 Å². The number of furan rings is 1.